The van der Waals surface area contributed by atoms with Crippen molar-refractivity contribution < 1.29 is 4.79 Å². The predicted octanol–water partition coefficient (Wildman–Crippen LogP) is 3.10. The third kappa shape index (κ3) is 2.05. The van der Waals surface area contributed by atoms with E-state index in [0.717, 1.165) is 12.8 Å². The molecule has 2 aromatic carbocycles. The van der Waals surface area contributed by atoms with Crippen LogP contribution in [0, 0.1) is 0 Å². The highest BCUT2D eigenvalue weighted by atomic mass is 16.2. The number of nitrogens with one attached hydrogen (secondary N) is 1. The molecular weight excluding hydrogens is 236 g/mol. The van der Waals surface area contributed by atoms with Crippen molar-refractivity contribution in [1.82, 2.24) is 10.2 Å². The molecule has 3 nitrogen and oxygen atoms in total. The molecule has 0 aliphatic heterocycles. The Hall–Kier alpha value is -2.03. The molecule has 2 aromatic rings. The topological polar surface area (TPSA) is 32.3 Å². The van der Waals surface area contributed by atoms with Gasteiger partial charge in [0, 0.05) is 14.1 Å². The van der Waals surface area contributed by atoms with Crippen LogP contribution in [0.4, 0.5) is 4.79 Å². The van der Waals surface area contributed by atoms with Gasteiger partial charge in [-0.3, -0.25) is 0 Å². The summed E-state index contributed by atoms with van der Waals surface area (Å²) in [5.74, 6) is 0. The molecule has 0 heterocycles. The molecular formula is C16H18N2O. The summed E-state index contributed by atoms with van der Waals surface area (Å²) in [5.41, 5.74) is 1.07. The van der Waals surface area contributed by atoms with Gasteiger partial charge >= 0.3 is 6.03 Å². The summed E-state index contributed by atoms with van der Waals surface area (Å²) < 4.78 is 0. The fourth-order valence-electron chi connectivity index (χ4n) is 2.55. The highest BCUT2D eigenvalue weighted by molar-refractivity contribution is 5.88. The van der Waals surface area contributed by atoms with Gasteiger partial charge < -0.3 is 10.2 Å². The number of carbonyl (C=O) groups excluding carboxylic acids is 1. The molecule has 0 bridgehead atoms. The first kappa shape index (κ1) is 12.0. The molecule has 0 spiro atoms. The zero-order valence-electron chi connectivity index (χ0n) is 11.3. The maximum atomic E-state index is 11.9. The van der Waals surface area contributed by atoms with Crippen molar-refractivity contribution in [3.63, 3.8) is 0 Å². The van der Waals surface area contributed by atoms with Gasteiger partial charge in [-0.05, 0) is 29.2 Å². The molecule has 3 heteroatoms. The smallest absolute Gasteiger partial charge is 0.317 e. The van der Waals surface area contributed by atoms with Crippen LogP contribution in [0.15, 0.2) is 42.5 Å². The lowest BCUT2D eigenvalue weighted by atomic mass is 9.97. The number of nitrogens with zero attached hydrogens (tertiary/aromatic N) is 1. The van der Waals surface area contributed by atoms with Gasteiger partial charge in [0.05, 0.1) is 5.54 Å². The molecule has 0 aromatic heterocycles. The Kier molecular flexibility index (Phi) is 2.70. The largest absolute Gasteiger partial charge is 0.331 e. The van der Waals surface area contributed by atoms with Gasteiger partial charge in [-0.15, -0.1) is 0 Å². The first-order valence-electron chi connectivity index (χ1n) is 6.60. The summed E-state index contributed by atoms with van der Waals surface area (Å²) in [4.78, 5) is 13.5. The van der Waals surface area contributed by atoms with E-state index in [0.29, 0.717) is 0 Å². The zero-order valence-corrected chi connectivity index (χ0v) is 11.3. The van der Waals surface area contributed by atoms with Gasteiger partial charge in [0.2, 0.25) is 0 Å². The lowest BCUT2D eigenvalue weighted by molar-refractivity contribution is 0.212. The molecule has 1 fully saturated rings. The van der Waals surface area contributed by atoms with Crippen molar-refractivity contribution in [2.24, 2.45) is 0 Å². The van der Waals surface area contributed by atoms with E-state index in [1.807, 2.05) is 6.07 Å². The highest BCUT2D eigenvalue weighted by Crippen LogP contribution is 2.47. The number of carbonyl (C=O) groups is 1. The number of urea groups is 1. The molecule has 1 N–H and O–H groups in total. The van der Waals surface area contributed by atoms with Gasteiger partial charge in [0.25, 0.3) is 0 Å². The van der Waals surface area contributed by atoms with Crippen LogP contribution in [-0.4, -0.2) is 25.0 Å². The van der Waals surface area contributed by atoms with E-state index in [-0.39, 0.29) is 11.6 Å². The molecule has 0 unspecified atom stereocenters. The van der Waals surface area contributed by atoms with E-state index in [2.05, 4.69) is 41.7 Å². The van der Waals surface area contributed by atoms with Gasteiger partial charge in [0.15, 0.2) is 0 Å². The normalized spacial score (nSPS) is 16.1. The lowest BCUT2D eigenvalue weighted by Gasteiger charge is -2.22. The summed E-state index contributed by atoms with van der Waals surface area (Å²) in [7, 11) is 3.54. The van der Waals surface area contributed by atoms with Crippen LogP contribution >= 0.6 is 0 Å². The number of rotatable bonds is 2. The summed E-state index contributed by atoms with van der Waals surface area (Å²) in [6.07, 6.45) is 2.03. The predicted molar refractivity (Wildman–Crippen MR) is 77.1 cm³/mol. The lowest BCUT2D eigenvalue weighted by Crippen LogP contribution is -2.41. The molecule has 19 heavy (non-hydrogen) atoms. The molecule has 0 saturated heterocycles. The fraction of sp³-hybridized carbons (Fsp3) is 0.312. The number of benzene rings is 2. The first-order chi connectivity index (χ1) is 9.12. The third-order valence-electron chi connectivity index (χ3n) is 3.81. The van der Waals surface area contributed by atoms with Crippen molar-refractivity contribution in [3.8, 4) is 0 Å². The minimum absolute atomic E-state index is 0.0227. The van der Waals surface area contributed by atoms with Crippen LogP contribution in [0.25, 0.3) is 10.8 Å². The highest BCUT2D eigenvalue weighted by Gasteiger charge is 2.46. The standard InChI is InChI=1S/C16H18N2O/c1-18(2)15(19)17-16(10-11-16)14-9-5-7-12-6-3-4-8-13(12)14/h3-9H,10-11H2,1-2H3,(H,17,19). The van der Waals surface area contributed by atoms with Crippen LogP contribution in [0.1, 0.15) is 18.4 Å². The van der Waals surface area contributed by atoms with Crippen LogP contribution in [-0.2, 0) is 5.54 Å². The van der Waals surface area contributed by atoms with E-state index in [1.54, 1.807) is 19.0 Å². The molecule has 0 radical (unpaired) electrons. The van der Waals surface area contributed by atoms with Crippen molar-refractivity contribution in [2.75, 3.05) is 14.1 Å². The Balaban J connectivity index is 2.02. The van der Waals surface area contributed by atoms with Crippen LogP contribution in [0.3, 0.4) is 0 Å². The summed E-state index contributed by atoms with van der Waals surface area (Å²) in [6, 6.07) is 14.6. The van der Waals surface area contributed by atoms with E-state index in [4.69, 9.17) is 0 Å². The van der Waals surface area contributed by atoms with Crippen molar-refractivity contribution >= 4 is 16.8 Å². The monoisotopic (exact) mass is 254 g/mol. The number of hydrogen-bond donors (Lipinski definition) is 1. The van der Waals surface area contributed by atoms with Gasteiger partial charge in [0.1, 0.15) is 0 Å². The average molecular weight is 254 g/mol. The summed E-state index contributed by atoms with van der Waals surface area (Å²) in [6.45, 7) is 0. The summed E-state index contributed by atoms with van der Waals surface area (Å²) in [5, 5.41) is 5.63. The second-order valence-electron chi connectivity index (χ2n) is 5.43. The molecule has 2 amide bonds. The van der Waals surface area contributed by atoms with Crippen LogP contribution in [0.5, 0.6) is 0 Å². The van der Waals surface area contributed by atoms with Crippen molar-refractivity contribution in [2.45, 2.75) is 18.4 Å². The molecule has 98 valence electrons. The number of hydrogen-bond acceptors (Lipinski definition) is 1. The molecule has 0 atom stereocenters. The molecule has 1 aliphatic rings. The zero-order chi connectivity index (χ0) is 13.5. The quantitative estimate of drug-likeness (QED) is 0.877. The third-order valence-corrected chi connectivity index (χ3v) is 3.81. The van der Waals surface area contributed by atoms with Crippen LogP contribution in [0.2, 0.25) is 0 Å². The van der Waals surface area contributed by atoms with E-state index >= 15 is 0 Å². The van der Waals surface area contributed by atoms with Gasteiger partial charge in [-0.1, -0.05) is 42.5 Å². The average Bonchev–Trinajstić information content (AvgIpc) is 3.18. The number of amides is 2. The maximum Gasteiger partial charge on any atom is 0.317 e. The Labute approximate surface area is 113 Å². The molecule has 3 rings (SSSR count). The minimum Gasteiger partial charge on any atom is -0.331 e. The maximum absolute atomic E-state index is 11.9. The first-order valence-corrected chi connectivity index (χ1v) is 6.60. The fourth-order valence-corrected chi connectivity index (χ4v) is 2.55. The Morgan fingerprint density at radius 2 is 1.79 bits per heavy atom. The van der Waals surface area contributed by atoms with Crippen LogP contribution < -0.4 is 5.32 Å². The molecule has 1 aliphatic carbocycles. The molecule has 1 saturated carbocycles. The van der Waals surface area contributed by atoms with Gasteiger partial charge in [-0.25, -0.2) is 4.79 Å². The second kappa shape index (κ2) is 4.26. The Morgan fingerprint density at radius 3 is 2.47 bits per heavy atom. The Bertz CT molecular complexity index is 624. The Morgan fingerprint density at radius 1 is 1.11 bits per heavy atom. The van der Waals surface area contributed by atoms with Crippen molar-refractivity contribution in [1.29, 1.82) is 0 Å². The minimum atomic E-state index is -0.164. The van der Waals surface area contributed by atoms with Crippen molar-refractivity contribution in [3.05, 3.63) is 48.0 Å². The SMILES string of the molecule is CN(C)C(=O)NC1(c2cccc3ccccc23)CC1. The number of fused-ring (bicyclic) bond motifs is 1. The van der Waals surface area contributed by atoms with E-state index in [9.17, 15) is 4.79 Å². The van der Waals surface area contributed by atoms with Gasteiger partial charge in [-0.2, -0.15) is 0 Å². The van der Waals surface area contributed by atoms with E-state index in [1.165, 1.54) is 16.3 Å². The van der Waals surface area contributed by atoms with E-state index < -0.39 is 0 Å². The second-order valence-corrected chi connectivity index (χ2v) is 5.43. The summed E-state index contributed by atoms with van der Waals surface area (Å²) >= 11 is 0.